The zero-order chi connectivity index (χ0) is 15.5. The van der Waals surface area contributed by atoms with Gasteiger partial charge >= 0.3 is 0 Å². The van der Waals surface area contributed by atoms with Gasteiger partial charge in [0.1, 0.15) is 5.75 Å². The number of rotatable bonds is 3. The molecule has 0 aromatic heterocycles. The molecule has 0 aliphatic carbocycles. The minimum atomic E-state index is -0.0807. The largest absolute Gasteiger partial charge is 0.496 e. The number of carbonyl (C=O) groups excluding carboxylic acids is 1. The van der Waals surface area contributed by atoms with Crippen molar-refractivity contribution < 1.29 is 14.3 Å². The number of nitrogens with zero attached hydrogens (tertiary/aromatic N) is 2. The molecule has 0 unspecified atom stereocenters. The summed E-state index contributed by atoms with van der Waals surface area (Å²) in [4.78, 5) is 13.3. The van der Waals surface area contributed by atoms with E-state index in [1.165, 1.54) is 11.8 Å². The molecule has 2 saturated heterocycles. The number of carbonyl (C=O) groups is 1. The summed E-state index contributed by atoms with van der Waals surface area (Å²) in [6.45, 7) is 2.58. The molecule has 0 spiro atoms. The lowest BCUT2D eigenvalue weighted by atomic mass is 10.2. The van der Waals surface area contributed by atoms with Crippen LogP contribution >= 0.6 is 24.0 Å². The van der Waals surface area contributed by atoms with Crippen LogP contribution < -0.4 is 4.74 Å². The first kappa shape index (κ1) is 15.5. The van der Waals surface area contributed by atoms with Crippen molar-refractivity contribution in [2.45, 2.75) is 0 Å². The SMILES string of the molecule is COc1ccccc1/C=C1\SC(=S)N(N2CCOCC2)C1=O. The Labute approximate surface area is 138 Å². The van der Waals surface area contributed by atoms with Gasteiger partial charge in [0.05, 0.1) is 25.2 Å². The Morgan fingerprint density at radius 2 is 2.05 bits per heavy atom. The number of benzene rings is 1. The normalized spacial score (nSPS) is 21.7. The molecule has 2 aliphatic heterocycles. The predicted molar refractivity (Wildman–Crippen MR) is 90.4 cm³/mol. The van der Waals surface area contributed by atoms with Crippen molar-refractivity contribution in [2.24, 2.45) is 0 Å². The van der Waals surface area contributed by atoms with E-state index < -0.39 is 0 Å². The lowest BCUT2D eigenvalue weighted by Gasteiger charge is -2.33. The van der Waals surface area contributed by atoms with Crippen molar-refractivity contribution in [3.8, 4) is 5.75 Å². The molecule has 7 heteroatoms. The number of hydrogen-bond donors (Lipinski definition) is 0. The molecule has 1 aromatic rings. The molecule has 2 aliphatic rings. The number of thioether (sulfide) groups is 1. The smallest absolute Gasteiger partial charge is 0.280 e. The molecular formula is C15H16N2O3S2. The second-order valence-corrected chi connectivity index (χ2v) is 6.48. The van der Waals surface area contributed by atoms with Crippen LogP contribution in [0.15, 0.2) is 29.2 Å². The van der Waals surface area contributed by atoms with Gasteiger partial charge in [-0.3, -0.25) is 4.79 Å². The van der Waals surface area contributed by atoms with Gasteiger partial charge in [-0.1, -0.05) is 42.2 Å². The summed E-state index contributed by atoms with van der Waals surface area (Å²) in [5, 5.41) is 3.54. The van der Waals surface area contributed by atoms with Gasteiger partial charge in [-0.05, 0) is 12.1 Å². The van der Waals surface area contributed by atoms with E-state index in [-0.39, 0.29) is 5.91 Å². The zero-order valence-electron chi connectivity index (χ0n) is 12.2. The van der Waals surface area contributed by atoms with Gasteiger partial charge in [-0.15, -0.1) is 0 Å². The van der Waals surface area contributed by atoms with E-state index in [2.05, 4.69) is 0 Å². The number of para-hydroxylation sites is 1. The molecule has 2 heterocycles. The molecular weight excluding hydrogens is 320 g/mol. The maximum absolute atomic E-state index is 12.6. The van der Waals surface area contributed by atoms with Crippen molar-refractivity contribution in [3.63, 3.8) is 0 Å². The Hall–Kier alpha value is -1.41. The van der Waals surface area contributed by atoms with Gasteiger partial charge in [0, 0.05) is 18.7 Å². The Bertz CT molecular complexity index is 627. The minimum Gasteiger partial charge on any atom is -0.496 e. The average Bonchev–Trinajstić information content (AvgIpc) is 2.83. The fourth-order valence-electron chi connectivity index (χ4n) is 2.38. The van der Waals surface area contributed by atoms with Gasteiger partial charge in [0.2, 0.25) is 0 Å². The molecule has 1 amide bonds. The first-order valence-electron chi connectivity index (χ1n) is 6.94. The summed E-state index contributed by atoms with van der Waals surface area (Å²) in [5.74, 6) is 0.655. The molecule has 0 radical (unpaired) electrons. The van der Waals surface area contributed by atoms with Crippen molar-refractivity contribution >= 4 is 40.3 Å². The quantitative estimate of drug-likeness (QED) is 0.622. The second kappa shape index (κ2) is 6.78. The number of methoxy groups -OCH3 is 1. The van der Waals surface area contributed by atoms with E-state index in [4.69, 9.17) is 21.7 Å². The lowest BCUT2D eigenvalue weighted by Crippen LogP contribution is -2.50. The van der Waals surface area contributed by atoms with E-state index in [1.54, 1.807) is 12.1 Å². The highest BCUT2D eigenvalue weighted by Gasteiger charge is 2.37. The maximum atomic E-state index is 12.6. The van der Waals surface area contributed by atoms with Crippen LogP contribution in [0.1, 0.15) is 5.56 Å². The molecule has 0 saturated carbocycles. The monoisotopic (exact) mass is 336 g/mol. The molecule has 0 bridgehead atoms. The van der Waals surface area contributed by atoms with E-state index in [0.29, 0.717) is 35.5 Å². The standard InChI is InChI=1S/C15H16N2O3S2/c1-19-12-5-3-2-4-11(12)10-13-14(18)17(15(21)22-13)16-6-8-20-9-7-16/h2-5,10H,6-9H2,1H3/b13-10-. The van der Waals surface area contributed by atoms with Crippen molar-refractivity contribution in [2.75, 3.05) is 33.4 Å². The van der Waals surface area contributed by atoms with Crippen molar-refractivity contribution in [1.29, 1.82) is 0 Å². The Morgan fingerprint density at radius 3 is 2.77 bits per heavy atom. The van der Waals surface area contributed by atoms with Crippen molar-refractivity contribution in [1.82, 2.24) is 10.0 Å². The van der Waals surface area contributed by atoms with Crippen LogP contribution in [0.3, 0.4) is 0 Å². The van der Waals surface area contributed by atoms with Crippen LogP contribution in [0.2, 0.25) is 0 Å². The first-order chi connectivity index (χ1) is 10.7. The molecule has 5 nitrogen and oxygen atoms in total. The molecule has 0 atom stereocenters. The van der Waals surface area contributed by atoms with Gasteiger partial charge in [0.15, 0.2) is 4.32 Å². The third-order valence-electron chi connectivity index (χ3n) is 3.47. The highest BCUT2D eigenvalue weighted by atomic mass is 32.2. The summed E-state index contributed by atoms with van der Waals surface area (Å²) >= 11 is 6.69. The zero-order valence-corrected chi connectivity index (χ0v) is 13.8. The van der Waals surface area contributed by atoms with Crippen LogP contribution in [0.25, 0.3) is 6.08 Å². The van der Waals surface area contributed by atoms with E-state index in [9.17, 15) is 4.79 Å². The van der Waals surface area contributed by atoms with Crippen LogP contribution in [0.5, 0.6) is 5.75 Å². The van der Waals surface area contributed by atoms with Gasteiger partial charge in [-0.2, -0.15) is 0 Å². The summed E-state index contributed by atoms with van der Waals surface area (Å²) < 4.78 is 11.2. The third kappa shape index (κ3) is 3.03. The summed E-state index contributed by atoms with van der Waals surface area (Å²) in [6.07, 6.45) is 1.83. The fraction of sp³-hybridized carbons (Fsp3) is 0.333. The second-order valence-electron chi connectivity index (χ2n) is 4.80. The number of thiocarbonyl (C=S) groups is 1. The predicted octanol–water partition coefficient (Wildman–Crippen LogP) is 2.14. The Balaban J connectivity index is 1.85. The van der Waals surface area contributed by atoms with Crippen LogP contribution in [-0.4, -0.2) is 53.7 Å². The highest BCUT2D eigenvalue weighted by molar-refractivity contribution is 8.26. The number of hydrogen-bond acceptors (Lipinski definition) is 6. The van der Waals surface area contributed by atoms with Gasteiger partial charge in [-0.25, -0.2) is 10.0 Å². The Morgan fingerprint density at radius 1 is 1.32 bits per heavy atom. The maximum Gasteiger partial charge on any atom is 0.280 e. The summed E-state index contributed by atoms with van der Waals surface area (Å²) in [5.41, 5.74) is 0.868. The van der Waals surface area contributed by atoms with E-state index in [1.807, 2.05) is 35.4 Å². The van der Waals surface area contributed by atoms with E-state index in [0.717, 1.165) is 11.3 Å². The number of ether oxygens (including phenoxy) is 2. The van der Waals surface area contributed by atoms with Gasteiger partial charge in [0.25, 0.3) is 5.91 Å². The number of hydrazine groups is 1. The average molecular weight is 336 g/mol. The number of morpholine rings is 1. The molecule has 116 valence electrons. The van der Waals surface area contributed by atoms with E-state index >= 15 is 0 Å². The van der Waals surface area contributed by atoms with Crippen molar-refractivity contribution in [3.05, 3.63) is 34.7 Å². The Kier molecular flexibility index (Phi) is 4.77. The third-order valence-corrected chi connectivity index (χ3v) is 4.75. The summed E-state index contributed by atoms with van der Waals surface area (Å²) in [6, 6.07) is 7.60. The topological polar surface area (TPSA) is 42.0 Å². The highest BCUT2D eigenvalue weighted by Crippen LogP contribution is 2.35. The lowest BCUT2D eigenvalue weighted by molar-refractivity contribution is -0.138. The van der Waals surface area contributed by atoms with Gasteiger partial charge < -0.3 is 9.47 Å². The summed E-state index contributed by atoms with van der Waals surface area (Å²) in [7, 11) is 1.62. The van der Waals surface area contributed by atoms with Crippen LogP contribution in [0.4, 0.5) is 0 Å². The number of amides is 1. The first-order valence-corrected chi connectivity index (χ1v) is 8.17. The van der Waals surface area contributed by atoms with Crippen LogP contribution in [-0.2, 0) is 9.53 Å². The molecule has 22 heavy (non-hydrogen) atoms. The fourth-order valence-corrected chi connectivity index (χ4v) is 3.68. The minimum absolute atomic E-state index is 0.0807. The molecule has 0 N–H and O–H groups in total. The molecule has 2 fully saturated rings. The molecule has 3 rings (SSSR count). The van der Waals surface area contributed by atoms with Crippen LogP contribution in [0, 0.1) is 0 Å². The molecule has 1 aromatic carbocycles.